The molecule has 0 spiro atoms. The maximum atomic E-state index is 5.24. The van der Waals surface area contributed by atoms with E-state index in [1.807, 2.05) is 13.8 Å². The van der Waals surface area contributed by atoms with Crippen LogP contribution in [0, 0.1) is 13.8 Å². The quantitative estimate of drug-likeness (QED) is 0.784. The van der Waals surface area contributed by atoms with Gasteiger partial charge >= 0.3 is 0 Å². The Labute approximate surface area is 114 Å². The first kappa shape index (κ1) is 11.7. The summed E-state index contributed by atoms with van der Waals surface area (Å²) in [5, 5.41) is 4.01. The first-order valence-electron chi connectivity index (χ1n) is 5.86. The van der Waals surface area contributed by atoms with Crippen LogP contribution in [0.25, 0.3) is 11.1 Å². The van der Waals surface area contributed by atoms with Gasteiger partial charge in [-0.15, -0.1) is 0 Å². The molecule has 1 aromatic carbocycles. The van der Waals surface area contributed by atoms with Crippen molar-refractivity contribution in [2.24, 2.45) is 4.99 Å². The van der Waals surface area contributed by atoms with E-state index in [-0.39, 0.29) is 0 Å². The van der Waals surface area contributed by atoms with E-state index in [0.29, 0.717) is 0 Å². The molecule has 1 aromatic heterocycles. The molecule has 0 amide bonds. The number of nitrogens with zero attached hydrogens (tertiary/aromatic N) is 2. The van der Waals surface area contributed by atoms with E-state index in [2.05, 4.69) is 45.1 Å². The van der Waals surface area contributed by atoms with Gasteiger partial charge in [0.2, 0.25) is 0 Å². The summed E-state index contributed by atoms with van der Waals surface area (Å²) in [7, 11) is 0. The molecule has 92 valence electrons. The minimum absolute atomic E-state index is 0.856. The zero-order valence-corrected chi connectivity index (χ0v) is 12.1. The molecule has 2 aromatic rings. The van der Waals surface area contributed by atoms with Crippen LogP contribution < -0.4 is 0 Å². The summed E-state index contributed by atoms with van der Waals surface area (Å²) in [5.41, 5.74) is 6.63. The first-order chi connectivity index (χ1) is 8.56. The molecule has 18 heavy (non-hydrogen) atoms. The standard InChI is InChI=1S/C14H13BrN2O/c1-7-4-11-5-10(6-12(15)14(11)16-7)13-8(2)17-18-9(13)3/h5-6H,4H2,1-3H3. The van der Waals surface area contributed by atoms with Crippen LogP contribution in [0.1, 0.15) is 23.9 Å². The van der Waals surface area contributed by atoms with Gasteiger partial charge in [0.1, 0.15) is 5.76 Å². The van der Waals surface area contributed by atoms with E-state index < -0.39 is 0 Å². The van der Waals surface area contributed by atoms with Gasteiger partial charge in [-0.1, -0.05) is 5.16 Å². The Hall–Kier alpha value is -1.42. The molecule has 0 bridgehead atoms. The number of aliphatic imine (C=N–C) groups is 1. The molecule has 3 nitrogen and oxygen atoms in total. The zero-order chi connectivity index (χ0) is 12.9. The van der Waals surface area contributed by atoms with Crippen LogP contribution in [-0.2, 0) is 6.42 Å². The van der Waals surface area contributed by atoms with Crippen molar-refractivity contribution in [2.45, 2.75) is 27.2 Å². The average molecular weight is 305 g/mol. The average Bonchev–Trinajstić information content (AvgIpc) is 2.82. The summed E-state index contributed by atoms with van der Waals surface area (Å²) in [5.74, 6) is 0.856. The van der Waals surface area contributed by atoms with E-state index in [1.54, 1.807) is 0 Å². The monoisotopic (exact) mass is 304 g/mol. The Bertz CT molecular complexity index is 651. The van der Waals surface area contributed by atoms with E-state index in [1.165, 1.54) is 5.56 Å². The van der Waals surface area contributed by atoms with Crippen molar-refractivity contribution >= 4 is 27.3 Å². The minimum Gasteiger partial charge on any atom is -0.361 e. The predicted molar refractivity (Wildman–Crippen MR) is 75.6 cm³/mol. The molecule has 0 saturated heterocycles. The number of hydrogen-bond acceptors (Lipinski definition) is 3. The van der Waals surface area contributed by atoms with Crippen molar-refractivity contribution in [3.63, 3.8) is 0 Å². The highest BCUT2D eigenvalue weighted by Gasteiger charge is 2.19. The molecule has 0 atom stereocenters. The summed E-state index contributed by atoms with van der Waals surface area (Å²) in [6.45, 7) is 5.97. The lowest BCUT2D eigenvalue weighted by Crippen LogP contribution is -1.90. The SMILES string of the molecule is CC1=Nc2c(Br)cc(-c3c(C)noc3C)cc2C1. The molecule has 1 aliphatic heterocycles. The van der Waals surface area contributed by atoms with Crippen molar-refractivity contribution in [3.05, 3.63) is 33.6 Å². The van der Waals surface area contributed by atoms with Gasteiger partial charge in [0.05, 0.1) is 11.4 Å². The normalized spacial score (nSPS) is 13.7. The maximum absolute atomic E-state index is 5.24. The maximum Gasteiger partial charge on any atom is 0.141 e. The Kier molecular flexibility index (Phi) is 2.63. The van der Waals surface area contributed by atoms with E-state index >= 15 is 0 Å². The molecule has 0 fully saturated rings. The largest absolute Gasteiger partial charge is 0.361 e. The summed E-state index contributed by atoms with van der Waals surface area (Å²) >= 11 is 3.60. The van der Waals surface area contributed by atoms with Gasteiger partial charge in [-0.25, -0.2) is 0 Å². The van der Waals surface area contributed by atoms with E-state index in [0.717, 1.165) is 44.9 Å². The molecule has 2 heterocycles. The smallest absolute Gasteiger partial charge is 0.141 e. The van der Waals surface area contributed by atoms with Crippen molar-refractivity contribution in [1.29, 1.82) is 0 Å². The van der Waals surface area contributed by atoms with Crippen LogP contribution in [-0.4, -0.2) is 10.9 Å². The summed E-state index contributed by atoms with van der Waals surface area (Å²) < 4.78 is 6.27. The second kappa shape index (κ2) is 4.05. The topological polar surface area (TPSA) is 38.4 Å². The van der Waals surface area contributed by atoms with Crippen molar-refractivity contribution < 1.29 is 4.52 Å². The number of fused-ring (bicyclic) bond motifs is 1. The fourth-order valence-corrected chi connectivity index (χ4v) is 3.05. The number of hydrogen-bond donors (Lipinski definition) is 0. The second-order valence-corrected chi connectivity index (χ2v) is 5.54. The fourth-order valence-electron chi connectivity index (χ4n) is 2.46. The summed E-state index contributed by atoms with van der Waals surface area (Å²) in [6.07, 6.45) is 0.922. The van der Waals surface area contributed by atoms with Gasteiger partial charge in [0.25, 0.3) is 0 Å². The van der Waals surface area contributed by atoms with Crippen LogP contribution in [0.15, 0.2) is 26.1 Å². The summed E-state index contributed by atoms with van der Waals surface area (Å²) in [6, 6.07) is 4.28. The molecule has 0 N–H and O–H groups in total. The number of halogens is 1. The number of aryl methyl sites for hydroxylation is 2. The van der Waals surface area contributed by atoms with Gasteiger partial charge in [-0.2, -0.15) is 0 Å². The number of benzene rings is 1. The highest BCUT2D eigenvalue weighted by Crippen LogP contribution is 2.39. The molecule has 0 unspecified atom stereocenters. The van der Waals surface area contributed by atoms with Crippen molar-refractivity contribution in [1.82, 2.24) is 5.16 Å². The van der Waals surface area contributed by atoms with Gasteiger partial charge in [0, 0.05) is 22.2 Å². The molecule has 3 rings (SSSR count). The minimum atomic E-state index is 0.856. The van der Waals surface area contributed by atoms with Crippen LogP contribution in [0.2, 0.25) is 0 Å². The third-order valence-corrected chi connectivity index (χ3v) is 3.82. The third-order valence-electron chi connectivity index (χ3n) is 3.21. The van der Waals surface area contributed by atoms with Crippen LogP contribution in [0.5, 0.6) is 0 Å². The van der Waals surface area contributed by atoms with Crippen molar-refractivity contribution in [3.8, 4) is 11.1 Å². The zero-order valence-electron chi connectivity index (χ0n) is 10.5. The van der Waals surface area contributed by atoms with Crippen LogP contribution >= 0.6 is 15.9 Å². The van der Waals surface area contributed by atoms with E-state index in [4.69, 9.17) is 4.52 Å². The molecule has 1 aliphatic rings. The van der Waals surface area contributed by atoms with Crippen LogP contribution in [0.4, 0.5) is 5.69 Å². The number of aromatic nitrogens is 1. The summed E-state index contributed by atoms with van der Waals surface area (Å²) in [4.78, 5) is 4.55. The van der Waals surface area contributed by atoms with Crippen LogP contribution in [0.3, 0.4) is 0 Å². The second-order valence-electron chi connectivity index (χ2n) is 4.69. The molecular weight excluding hydrogens is 292 g/mol. The Morgan fingerprint density at radius 1 is 1.22 bits per heavy atom. The lowest BCUT2D eigenvalue weighted by Gasteiger charge is -2.06. The molecule has 0 radical (unpaired) electrons. The van der Waals surface area contributed by atoms with Crippen molar-refractivity contribution in [2.75, 3.05) is 0 Å². The lowest BCUT2D eigenvalue weighted by molar-refractivity contribution is 0.393. The lowest BCUT2D eigenvalue weighted by atomic mass is 10.00. The first-order valence-corrected chi connectivity index (χ1v) is 6.65. The van der Waals surface area contributed by atoms with Gasteiger partial charge in [0.15, 0.2) is 0 Å². The Morgan fingerprint density at radius 3 is 2.67 bits per heavy atom. The highest BCUT2D eigenvalue weighted by atomic mass is 79.9. The predicted octanol–water partition coefficient (Wildman–Crippen LogP) is 4.37. The molecule has 0 saturated carbocycles. The molecule has 0 aliphatic carbocycles. The van der Waals surface area contributed by atoms with Gasteiger partial charge in [-0.05, 0) is 60.0 Å². The van der Waals surface area contributed by atoms with Gasteiger partial charge in [-0.3, -0.25) is 4.99 Å². The number of rotatable bonds is 1. The fraction of sp³-hybridized carbons (Fsp3) is 0.286. The Morgan fingerprint density at radius 2 is 2.00 bits per heavy atom. The highest BCUT2D eigenvalue weighted by molar-refractivity contribution is 9.10. The Balaban J connectivity index is 2.18. The third kappa shape index (κ3) is 1.72. The van der Waals surface area contributed by atoms with E-state index in [9.17, 15) is 0 Å². The van der Waals surface area contributed by atoms with Gasteiger partial charge < -0.3 is 4.52 Å². The molecule has 4 heteroatoms. The molecular formula is C14H13BrN2O.